The summed E-state index contributed by atoms with van der Waals surface area (Å²) in [5, 5.41) is 4.06. The molecule has 1 atom stereocenters. The molecule has 0 saturated heterocycles. The Morgan fingerprint density at radius 1 is 1.77 bits per heavy atom. The number of aromatic nitrogens is 2. The van der Waals surface area contributed by atoms with Crippen LogP contribution in [0.3, 0.4) is 0 Å². The molecule has 0 aromatic carbocycles. The zero-order chi connectivity index (χ0) is 9.84. The first-order valence-electron chi connectivity index (χ1n) is 4.14. The highest BCUT2D eigenvalue weighted by molar-refractivity contribution is 5.79. The average Bonchev–Trinajstić information content (AvgIpc) is 2.47. The fraction of sp³-hybridized carbons (Fsp3) is 0.500. The van der Waals surface area contributed by atoms with E-state index in [9.17, 15) is 4.79 Å². The lowest BCUT2D eigenvalue weighted by Gasteiger charge is -2.08. The molecule has 0 bridgehead atoms. The molecule has 0 aliphatic heterocycles. The summed E-state index contributed by atoms with van der Waals surface area (Å²) >= 11 is 0. The Morgan fingerprint density at radius 2 is 2.46 bits per heavy atom. The fourth-order valence-electron chi connectivity index (χ4n) is 1.04. The lowest BCUT2D eigenvalue weighted by atomic mass is 10.2. The number of nitrogens with zero attached hydrogens (tertiary/aromatic N) is 2. The van der Waals surface area contributed by atoms with Crippen molar-refractivity contribution in [3.63, 3.8) is 0 Å². The van der Waals surface area contributed by atoms with Crippen molar-refractivity contribution in [1.29, 1.82) is 0 Å². The molecular weight excluding hydrogens is 168 g/mol. The summed E-state index contributed by atoms with van der Waals surface area (Å²) in [6.45, 7) is 2.58. The molecule has 1 aromatic heterocycles. The SMILES string of the molecule is Cc1ccnn1CCC(N)C(N)=O. The predicted octanol–water partition coefficient (Wildman–Crippen LogP) is -0.606. The fourth-order valence-corrected chi connectivity index (χ4v) is 1.04. The molecule has 0 saturated carbocycles. The predicted molar refractivity (Wildman–Crippen MR) is 48.8 cm³/mol. The molecule has 72 valence electrons. The molecule has 0 aliphatic carbocycles. The van der Waals surface area contributed by atoms with Crippen molar-refractivity contribution in [2.24, 2.45) is 11.5 Å². The van der Waals surface area contributed by atoms with Crippen molar-refractivity contribution < 1.29 is 4.79 Å². The minimum absolute atomic E-state index is 0.468. The number of hydrogen-bond acceptors (Lipinski definition) is 3. The van der Waals surface area contributed by atoms with Crippen LogP contribution in [0.15, 0.2) is 12.3 Å². The molecule has 1 heterocycles. The second-order valence-electron chi connectivity index (χ2n) is 2.99. The van der Waals surface area contributed by atoms with E-state index in [1.807, 2.05) is 13.0 Å². The standard InChI is InChI=1S/C8H14N4O/c1-6-2-4-11-12(6)5-3-7(9)8(10)13/h2,4,7H,3,5,9H2,1H3,(H2,10,13). The Morgan fingerprint density at radius 3 is 2.92 bits per heavy atom. The van der Waals surface area contributed by atoms with Crippen LogP contribution >= 0.6 is 0 Å². The maximum Gasteiger partial charge on any atom is 0.234 e. The molecule has 5 heteroatoms. The van der Waals surface area contributed by atoms with Gasteiger partial charge in [-0.2, -0.15) is 5.10 Å². The highest BCUT2D eigenvalue weighted by Gasteiger charge is 2.09. The second-order valence-corrected chi connectivity index (χ2v) is 2.99. The summed E-state index contributed by atoms with van der Waals surface area (Å²) in [5.74, 6) is -0.468. The summed E-state index contributed by atoms with van der Waals surface area (Å²) in [6, 6.07) is 1.32. The number of rotatable bonds is 4. The van der Waals surface area contributed by atoms with Crippen LogP contribution in [0.25, 0.3) is 0 Å². The van der Waals surface area contributed by atoms with Gasteiger partial charge in [-0.25, -0.2) is 0 Å². The van der Waals surface area contributed by atoms with Crippen molar-refractivity contribution in [3.8, 4) is 0 Å². The normalized spacial score (nSPS) is 12.8. The molecule has 0 aliphatic rings. The minimum Gasteiger partial charge on any atom is -0.368 e. The lowest BCUT2D eigenvalue weighted by Crippen LogP contribution is -2.37. The topological polar surface area (TPSA) is 86.9 Å². The van der Waals surface area contributed by atoms with Gasteiger partial charge in [0.05, 0.1) is 6.04 Å². The number of nitrogens with two attached hydrogens (primary N) is 2. The van der Waals surface area contributed by atoms with Crippen LogP contribution in [0, 0.1) is 6.92 Å². The molecule has 1 unspecified atom stereocenters. The zero-order valence-electron chi connectivity index (χ0n) is 7.60. The van der Waals surface area contributed by atoms with Crippen LogP contribution < -0.4 is 11.5 Å². The molecule has 5 nitrogen and oxygen atoms in total. The average molecular weight is 182 g/mol. The minimum atomic E-state index is -0.580. The van der Waals surface area contributed by atoms with Gasteiger partial charge in [-0.05, 0) is 19.4 Å². The van der Waals surface area contributed by atoms with E-state index >= 15 is 0 Å². The number of aryl methyl sites for hydroxylation is 2. The van der Waals surface area contributed by atoms with Crippen LogP contribution in [0.4, 0.5) is 0 Å². The van der Waals surface area contributed by atoms with Gasteiger partial charge < -0.3 is 11.5 Å². The van der Waals surface area contributed by atoms with E-state index in [2.05, 4.69) is 5.10 Å². The Hall–Kier alpha value is -1.36. The van der Waals surface area contributed by atoms with Crippen molar-refractivity contribution in [2.75, 3.05) is 0 Å². The molecule has 0 spiro atoms. The van der Waals surface area contributed by atoms with Gasteiger partial charge in [-0.15, -0.1) is 0 Å². The molecular formula is C8H14N4O. The zero-order valence-corrected chi connectivity index (χ0v) is 7.60. The quantitative estimate of drug-likeness (QED) is 0.651. The number of amides is 1. The van der Waals surface area contributed by atoms with E-state index in [1.54, 1.807) is 10.9 Å². The third-order valence-electron chi connectivity index (χ3n) is 1.95. The van der Waals surface area contributed by atoms with Crippen LogP contribution in [-0.4, -0.2) is 21.7 Å². The van der Waals surface area contributed by atoms with Crippen molar-refractivity contribution in [2.45, 2.75) is 25.9 Å². The summed E-state index contributed by atoms with van der Waals surface area (Å²) in [7, 11) is 0. The third-order valence-corrected chi connectivity index (χ3v) is 1.95. The molecule has 1 rings (SSSR count). The first-order chi connectivity index (χ1) is 6.11. The summed E-state index contributed by atoms with van der Waals surface area (Å²) < 4.78 is 1.79. The van der Waals surface area contributed by atoms with Gasteiger partial charge in [-0.3, -0.25) is 9.48 Å². The number of carbonyl (C=O) groups excluding carboxylic acids is 1. The van der Waals surface area contributed by atoms with Gasteiger partial charge in [0.1, 0.15) is 0 Å². The summed E-state index contributed by atoms with van der Waals surface area (Å²) in [5.41, 5.74) is 11.5. The number of primary amides is 1. The Balaban J connectivity index is 2.44. The lowest BCUT2D eigenvalue weighted by molar-refractivity contribution is -0.119. The highest BCUT2D eigenvalue weighted by Crippen LogP contribution is 1.98. The highest BCUT2D eigenvalue weighted by atomic mass is 16.1. The Labute approximate surface area is 76.7 Å². The van der Waals surface area contributed by atoms with Crippen LogP contribution in [0.1, 0.15) is 12.1 Å². The van der Waals surface area contributed by atoms with Gasteiger partial charge in [0.15, 0.2) is 0 Å². The Kier molecular flexibility index (Phi) is 3.02. The maximum atomic E-state index is 10.6. The largest absolute Gasteiger partial charge is 0.368 e. The van der Waals surface area contributed by atoms with Crippen molar-refractivity contribution >= 4 is 5.91 Å². The van der Waals surface area contributed by atoms with E-state index in [1.165, 1.54) is 0 Å². The van der Waals surface area contributed by atoms with Crippen LogP contribution in [0.2, 0.25) is 0 Å². The monoisotopic (exact) mass is 182 g/mol. The van der Waals surface area contributed by atoms with Gasteiger partial charge in [0, 0.05) is 18.4 Å². The van der Waals surface area contributed by atoms with E-state index < -0.39 is 11.9 Å². The number of carbonyl (C=O) groups is 1. The molecule has 1 amide bonds. The number of hydrogen-bond donors (Lipinski definition) is 2. The second kappa shape index (κ2) is 4.04. The smallest absolute Gasteiger partial charge is 0.234 e. The van der Waals surface area contributed by atoms with Gasteiger partial charge in [-0.1, -0.05) is 0 Å². The van der Waals surface area contributed by atoms with Gasteiger partial charge >= 0.3 is 0 Å². The summed E-state index contributed by atoms with van der Waals surface area (Å²) in [4.78, 5) is 10.6. The summed E-state index contributed by atoms with van der Waals surface area (Å²) in [6.07, 6.45) is 2.24. The van der Waals surface area contributed by atoms with Crippen molar-refractivity contribution in [3.05, 3.63) is 18.0 Å². The van der Waals surface area contributed by atoms with Gasteiger partial charge in [0.2, 0.25) is 5.91 Å². The first-order valence-corrected chi connectivity index (χ1v) is 4.14. The molecule has 0 fully saturated rings. The van der Waals surface area contributed by atoms with E-state index in [-0.39, 0.29) is 0 Å². The van der Waals surface area contributed by atoms with E-state index in [0.29, 0.717) is 13.0 Å². The third kappa shape index (κ3) is 2.55. The molecule has 1 aromatic rings. The van der Waals surface area contributed by atoms with Crippen LogP contribution in [0.5, 0.6) is 0 Å². The molecule has 4 N–H and O–H groups in total. The van der Waals surface area contributed by atoms with E-state index in [0.717, 1.165) is 5.69 Å². The van der Waals surface area contributed by atoms with Crippen molar-refractivity contribution in [1.82, 2.24) is 9.78 Å². The van der Waals surface area contributed by atoms with E-state index in [4.69, 9.17) is 11.5 Å². The molecule has 0 radical (unpaired) electrons. The Bertz CT molecular complexity index is 294. The first kappa shape index (κ1) is 9.73. The molecule has 13 heavy (non-hydrogen) atoms. The maximum absolute atomic E-state index is 10.6. The van der Waals surface area contributed by atoms with Crippen LogP contribution in [-0.2, 0) is 11.3 Å². The van der Waals surface area contributed by atoms with Gasteiger partial charge in [0.25, 0.3) is 0 Å².